The van der Waals surface area contributed by atoms with Crippen LogP contribution in [-0.2, 0) is 6.54 Å². The van der Waals surface area contributed by atoms with Crippen molar-refractivity contribution in [3.8, 4) is 0 Å². The van der Waals surface area contributed by atoms with Crippen LogP contribution in [0.5, 0.6) is 0 Å². The molecule has 6 N–H and O–H groups in total. The minimum Gasteiger partial charge on any atom is -0.369 e. The summed E-state index contributed by atoms with van der Waals surface area (Å²) < 4.78 is 0. The summed E-state index contributed by atoms with van der Waals surface area (Å²) in [6.07, 6.45) is -0.606. The highest BCUT2D eigenvalue weighted by molar-refractivity contribution is 7.11. The van der Waals surface area contributed by atoms with Crippen molar-refractivity contribution in [1.82, 2.24) is 15.3 Å². The summed E-state index contributed by atoms with van der Waals surface area (Å²) in [5.74, 6) is 0.423. The Morgan fingerprint density at radius 2 is 2.32 bits per heavy atom. The summed E-state index contributed by atoms with van der Waals surface area (Å²) in [6.45, 7) is 2.63. The number of nitrogen functional groups attached to an aromatic ring is 1. The number of thiophene rings is 1. The molecule has 8 heteroatoms. The summed E-state index contributed by atoms with van der Waals surface area (Å²) in [7, 11) is 0. The number of nitrogens with zero attached hydrogens (tertiary/aromatic N) is 2. The number of hydrogen-bond acceptors (Lipinski definition) is 6. The lowest BCUT2D eigenvalue weighted by molar-refractivity contribution is 0.0923. The molecule has 0 radical (unpaired) electrons. The fourth-order valence-corrected chi connectivity index (χ4v) is 2.96. The first kappa shape index (κ1) is 12.0. The van der Waals surface area contributed by atoms with Gasteiger partial charge in [-0.2, -0.15) is 4.98 Å². The summed E-state index contributed by atoms with van der Waals surface area (Å²) in [6, 6.07) is 4.09. The first-order valence-corrected chi connectivity index (χ1v) is 6.60. The van der Waals surface area contributed by atoms with Gasteiger partial charge in [-0.1, -0.05) is 0 Å². The third kappa shape index (κ3) is 2.04. The molecule has 0 saturated carbocycles. The molecule has 3 rings (SSSR count). The average Bonchev–Trinajstić information content (AvgIpc) is 2.91. The van der Waals surface area contributed by atoms with Crippen molar-refractivity contribution in [2.24, 2.45) is 5.73 Å². The zero-order valence-corrected chi connectivity index (χ0v) is 11.1. The van der Waals surface area contributed by atoms with Crippen molar-refractivity contribution >= 4 is 29.0 Å². The summed E-state index contributed by atoms with van der Waals surface area (Å²) in [4.78, 5) is 22.9. The van der Waals surface area contributed by atoms with E-state index in [0.29, 0.717) is 18.1 Å². The number of nitrogens with one attached hydrogen (secondary N) is 2. The van der Waals surface area contributed by atoms with Gasteiger partial charge in [-0.25, -0.2) is 0 Å². The van der Waals surface area contributed by atoms with E-state index in [9.17, 15) is 4.79 Å². The number of anilines is 2. The number of H-pyrrole nitrogens is 1. The Morgan fingerprint density at radius 1 is 1.53 bits per heavy atom. The van der Waals surface area contributed by atoms with Crippen molar-refractivity contribution < 1.29 is 4.79 Å². The molecular formula is C11H14N6OS. The fourth-order valence-electron chi connectivity index (χ4n) is 2.08. The molecule has 1 amide bonds. The van der Waals surface area contributed by atoms with Crippen LogP contribution in [0.15, 0.2) is 12.1 Å². The molecule has 2 aromatic rings. The van der Waals surface area contributed by atoms with Gasteiger partial charge in [0, 0.05) is 9.75 Å². The number of carbonyl (C=O) groups is 1. The van der Waals surface area contributed by atoms with Gasteiger partial charge in [-0.3, -0.25) is 10.5 Å². The average molecular weight is 278 g/mol. The third-order valence-corrected chi connectivity index (χ3v) is 3.92. The van der Waals surface area contributed by atoms with Crippen LogP contribution in [0.4, 0.5) is 11.8 Å². The zero-order valence-electron chi connectivity index (χ0n) is 10.3. The van der Waals surface area contributed by atoms with Crippen molar-refractivity contribution in [2.45, 2.75) is 19.8 Å². The van der Waals surface area contributed by atoms with E-state index >= 15 is 0 Å². The second kappa shape index (κ2) is 4.25. The van der Waals surface area contributed by atoms with E-state index in [4.69, 9.17) is 11.5 Å². The van der Waals surface area contributed by atoms with Crippen LogP contribution in [0.1, 0.15) is 20.2 Å². The first-order valence-electron chi connectivity index (χ1n) is 5.78. The van der Waals surface area contributed by atoms with E-state index in [-0.39, 0.29) is 11.9 Å². The molecule has 19 heavy (non-hydrogen) atoms. The molecule has 100 valence electrons. The van der Waals surface area contributed by atoms with Crippen LogP contribution < -0.4 is 21.7 Å². The number of carbonyl (C=O) groups excluding carboxylic acids is 1. The summed E-state index contributed by atoms with van der Waals surface area (Å²) >= 11 is 1.69. The normalized spacial score (nSPS) is 18.3. The van der Waals surface area contributed by atoms with Crippen molar-refractivity contribution in [3.63, 3.8) is 0 Å². The molecule has 7 nitrogen and oxygen atoms in total. The number of aromatic amines is 1. The van der Waals surface area contributed by atoms with Crippen LogP contribution >= 0.6 is 11.3 Å². The number of imidazole rings is 1. The molecule has 0 bridgehead atoms. The highest BCUT2D eigenvalue weighted by Crippen LogP contribution is 2.27. The van der Waals surface area contributed by atoms with Gasteiger partial charge in [-0.15, -0.1) is 11.3 Å². The van der Waals surface area contributed by atoms with E-state index in [1.807, 2.05) is 24.0 Å². The van der Waals surface area contributed by atoms with E-state index < -0.39 is 6.29 Å². The Balaban J connectivity index is 1.96. The quantitative estimate of drug-likeness (QED) is 0.633. The van der Waals surface area contributed by atoms with Crippen LogP contribution in [-0.4, -0.2) is 22.2 Å². The molecule has 1 aliphatic heterocycles. The molecule has 2 aromatic heterocycles. The Labute approximate surface area is 113 Å². The minimum absolute atomic E-state index is 0.210. The maximum absolute atomic E-state index is 11.8. The van der Waals surface area contributed by atoms with Crippen LogP contribution in [0, 0.1) is 6.92 Å². The lowest BCUT2D eigenvalue weighted by Crippen LogP contribution is -2.57. The zero-order chi connectivity index (χ0) is 13.6. The van der Waals surface area contributed by atoms with Crippen LogP contribution in [0.3, 0.4) is 0 Å². The maximum atomic E-state index is 11.8. The van der Waals surface area contributed by atoms with Crippen LogP contribution in [0.25, 0.3) is 0 Å². The lowest BCUT2D eigenvalue weighted by Gasteiger charge is -2.33. The number of aryl methyl sites for hydroxylation is 1. The standard InChI is InChI=1S/C11H14N6OS/c1-5-2-3-6(19-5)4-17-8-7(14-10(12)15-8)9(18)16-11(17)13/h2-3,11H,4,13H2,1H3,(H,16,18)(H3,12,14,15). The molecule has 0 spiro atoms. The number of fused-ring (bicyclic) bond motifs is 1. The summed E-state index contributed by atoms with van der Waals surface area (Å²) in [5, 5.41) is 2.67. The maximum Gasteiger partial charge on any atom is 0.274 e. The van der Waals surface area contributed by atoms with Gasteiger partial charge >= 0.3 is 0 Å². The molecular weight excluding hydrogens is 264 g/mol. The Morgan fingerprint density at radius 3 is 3.00 bits per heavy atom. The molecule has 1 atom stereocenters. The SMILES string of the molecule is Cc1ccc(CN2c3nc(N)[nH]c3C(=O)NC2N)s1. The van der Waals surface area contributed by atoms with E-state index in [0.717, 1.165) is 4.88 Å². The predicted molar refractivity (Wildman–Crippen MR) is 73.7 cm³/mol. The Bertz CT molecular complexity index is 633. The van der Waals surface area contributed by atoms with Gasteiger partial charge in [0.25, 0.3) is 5.91 Å². The van der Waals surface area contributed by atoms with Crippen LogP contribution in [0.2, 0.25) is 0 Å². The highest BCUT2D eigenvalue weighted by atomic mass is 32.1. The largest absolute Gasteiger partial charge is 0.369 e. The van der Waals surface area contributed by atoms with Gasteiger partial charge < -0.3 is 20.9 Å². The third-order valence-electron chi connectivity index (χ3n) is 2.94. The Hall–Kier alpha value is -2.06. The minimum atomic E-state index is -0.606. The first-order chi connectivity index (χ1) is 9.04. The van der Waals surface area contributed by atoms with E-state index in [1.165, 1.54) is 4.88 Å². The van der Waals surface area contributed by atoms with Gasteiger partial charge in [-0.05, 0) is 19.1 Å². The van der Waals surface area contributed by atoms with Gasteiger partial charge in [0.05, 0.1) is 6.54 Å². The van der Waals surface area contributed by atoms with Gasteiger partial charge in [0.1, 0.15) is 0 Å². The molecule has 1 aliphatic rings. The molecule has 1 unspecified atom stereocenters. The molecule has 0 fully saturated rings. The molecule has 0 saturated heterocycles. The fraction of sp³-hybridized carbons (Fsp3) is 0.273. The van der Waals surface area contributed by atoms with Crippen molar-refractivity contribution in [3.05, 3.63) is 27.6 Å². The summed E-state index contributed by atoms with van der Waals surface area (Å²) in [5.41, 5.74) is 11.9. The second-order valence-corrected chi connectivity index (χ2v) is 5.75. The second-order valence-electron chi connectivity index (χ2n) is 4.38. The lowest BCUT2D eigenvalue weighted by atomic mass is 10.3. The van der Waals surface area contributed by atoms with Gasteiger partial charge in [0.15, 0.2) is 23.7 Å². The predicted octanol–water partition coefficient (Wildman–Crippen LogP) is 0.354. The van der Waals surface area contributed by atoms with E-state index in [1.54, 1.807) is 11.3 Å². The van der Waals surface area contributed by atoms with Crippen molar-refractivity contribution in [2.75, 3.05) is 10.6 Å². The molecule has 0 aromatic carbocycles. The topological polar surface area (TPSA) is 113 Å². The number of aromatic nitrogens is 2. The van der Waals surface area contributed by atoms with E-state index in [2.05, 4.69) is 15.3 Å². The Kier molecular flexibility index (Phi) is 2.68. The smallest absolute Gasteiger partial charge is 0.274 e. The number of amides is 1. The number of hydrogen-bond donors (Lipinski definition) is 4. The highest BCUT2D eigenvalue weighted by Gasteiger charge is 2.32. The molecule has 0 aliphatic carbocycles. The molecule has 3 heterocycles. The van der Waals surface area contributed by atoms with Gasteiger partial charge in [0.2, 0.25) is 0 Å². The monoisotopic (exact) mass is 278 g/mol. The number of rotatable bonds is 2. The number of nitrogens with two attached hydrogens (primary N) is 2. The van der Waals surface area contributed by atoms with Crippen molar-refractivity contribution in [1.29, 1.82) is 0 Å².